The molecule has 0 spiro atoms. The molecule has 2 N–H and O–H groups in total. The molecule has 0 radical (unpaired) electrons. The van der Waals surface area contributed by atoms with Crippen LogP contribution in [0.5, 0.6) is 0 Å². The van der Waals surface area contributed by atoms with Crippen LogP contribution in [0.15, 0.2) is 0 Å². The van der Waals surface area contributed by atoms with Gasteiger partial charge in [0, 0.05) is 6.04 Å². The highest BCUT2D eigenvalue weighted by Gasteiger charge is 2.24. The Bertz CT molecular complexity index is 180. The highest BCUT2D eigenvalue weighted by atomic mass is 35.5. The number of rotatable bonds is 0. The van der Waals surface area contributed by atoms with Crippen LogP contribution in [0, 0.1) is 0 Å². The first-order chi connectivity index (χ1) is 3.60. The topological polar surface area (TPSA) is 60.2 Å². The number of sulfone groups is 1. The number of nitrogens with two attached hydrogens (primary N) is 1. The van der Waals surface area contributed by atoms with Crippen LogP contribution in [-0.4, -0.2) is 26.0 Å². The molecule has 1 aliphatic heterocycles. The maximum atomic E-state index is 10.6. The van der Waals surface area contributed by atoms with Gasteiger partial charge in [-0.25, -0.2) is 8.42 Å². The highest BCUT2D eigenvalue weighted by molar-refractivity contribution is 7.91. The molecule has 0 aromatic rings. The van der Waals surface area contributed by atoms with Crippen molar-refractivity contribution < 1.29 is 8.42 Å². The third-order valence-corrected chi connectivity index (χ3v) is 3.06. The van der Waals surface area contributed by atoms with E-state index in [0.717, 1.165) is 0 Å². The lowest BCUT2D eigenvalue weighted by Crippen LogP contribution is -2.20. The Labute approximate surface area is 73.1 Å². The van der Waals surface area contributed by atoms with Gasteiger partial charge >= 0.3 is 0 Å². The van der Waals surface area contributed by atoms with Crippen molar-refractivity contribution >= 4 is 34.7 Å². The summed E-state index contributed by atoms with van der Waals surface area (Å²) >= 11 is 0. The van der Waals surface area contributed by atoms with Crippen molar-refractivity contribution in [1.82, 2.24) is 0 Å². The Hall–Kier alpha value is 0.490. The first-order valence-corrected chi connectivity index (χ1v) is 4.38. The maximum absolute atomic E-state index is 10.6. The summed E-state index contributed by atoms with van der Waals surface area (Å²) in [5.74, 6) is 0.473. The van der Waals surface area contributed by atoms with Gasteiger partial charge < -0.3 is 5.73 Å². The zero-order valence-electron chi connectivity index (χ0n) is 5.32. The average Bonchev–Trinajstić information content (AvgIpc) is 1.82. The molecule has 0 aromatic carbocycles. The second-order valence-corrected chi connectivity index (χ2v) is 4.39. The highest BCUT2D eigenvalue weighted by Crippen LogP contribution is 2.07. The Balaban J connectivity index is 0. The first kappa shape index (κ1) is 13.1. The smallest absolute Gasteiger partial charge is 0.151 e. The zero-order valence-corrected chi connectivity index (χ0v) is 7.77. The molecular weight excluding hydrogens is 197 g/mol. The van der Waals surface area contributed by atoms with Crippen LogP contribution in [0.25, 0.3) is 0 Å². The molecule has 1 saturated heterocycles. The zero-order chi connectivity index (χ0) is 6.20. The number of hydrogen-bond acceptors (Lipinski definition) is 3. The van der Waals surface area contributed by atoms with Crippen molar-refractivity contribution in [2.45, 2.75) is 12.5 Å². The lowest BCUT2D eigenvalue weighted by atomic mass is 10.3. The van der Waals surface area contributed by atoms with E-state index in [0.29, 0.717) is 6.42 Å². The Kier molecular flexibility index (Phi) is 5.75. The SMILES string of the molecule is Cl.Cl.N[C@H]1CCS(=O)(=O)C1. The van der Waals surface area contributed by atoms with E-state index in [9.17, 15) is 8.42 Å². The standard InChI is InChI=1S/C4H9NO2S.2ClH/c5-4-1-2-8(6,7)3-4;;/h4H,1-3,5H2;2*1H/t4-;;/m0../s1. The predicted molar refractivity (Wildman–Crippen MR) is 45.7 cm³/mol. The van der Waals surface area contributed by atoms with Crippen molar-refractivity contribution in [3.63, 3.8) is 0 Å². The summed E-state index contributed by atoms with van der Waals surface area (Å²) < 4.78 is 21.1. The van der Waals surface area contributed by atoms with Gasteiger partial charge in [-0.2, -0.15) is 0 Å². The second-order valence-electron chi connectivity index (χ2n) is 2.16. The molecule has 0 aliphatic carbocycles. The van der Waals surface area contributed by atoms with E-state index in [2.05, 4.69) is 0 Å². The van der Waals surface area contributed by atoms with Gasteiger partial charge in [0.05, 0.1) is 11.5 Å². The van der Waals surface area contributed by atoms with E-state index in [-0.39, 0.29) is 42.4 Å². The maximum Gasteiger partial charge on any atom is 0.151 e. The Morgan fingerprint density at radius 3 is 1.90 bits per heavy atom. The third kappa shape index (κ3) is 3.61. The van der Waals surface area contributed by atoms with E-state index in [1.165, 1.54) is 0 Å². The molecule has 1 fully saturated rings. The van der Waals surface area contributed by atoms with Crippen molar-refractivity contribution in [1.29, 1.82) is 0 Å². The van der Waals surface area contributed by atoms with Crippen LogP contribution in [0.3, 0.4) is 0 Å². The molecule has 1 atom stereocenters. The van der Waals surface area contributed by atoms with Crippen LogP contribution in [0.4, 0.5) is 0 Å². The monoisotopic (exact) mass is 207 g/mol. The molecule has 64 valence electrons. The van der Waals surface area contributed by atoms with Gasteiger partial charge in [-0.1, -0.05) is 0 Å². The van der Waals surface area contributed by atoms with Crippen molar-refractivity contribution in [2.75, 3.05) is 11.5 Å². The summed E-state index contributed by atoms with van der Waals surface area (Å²) in [5, 5.41) is 0. The second kappa shape index (κ2) is 4.38. The molecule has 6 heteroatoms. The van der Waals surface area contributed by atoms with Gasteiger partial charge in [-0.05, 0) is 6.42 Å². The summed E-state index contributed by atoms with van der Waals surface area (Å²) in [6, 6.07) is -0.0972. The fourth-order valence-electron chi connectivity index (χ4n) is 0.824. The molecule has 0 bridgehead atoms. The van der Waals surface area contributed by atoms with Crippen LogP contribution in [-0.2, 0) is 9.84 Å². The van der Waals surface area contributed by atoms with Crippen LogP contribution < -0.4 is 5.73 Å². The molecule has 10 heavy (non-hydrogen) atoms. The minimum absolute atomic E-state index is 0. The van der Waals surface area contributed by atoms with Crippen LogP contribution in [0.1, 0.15) is 6.42 Å². The first-order valence-electron chi connectivity index (χ1n) is 2.56. The van der Waals surface area contributed by atoms with Crippen LogP contribution in [0.2, 0.25) is 0 Å². The third-order valence-electron chi connectivity index (χ3n) is 1.27. The molecule has 0 saturated carbocycles. The number of halogens is 2. The quantitative estimate of drug-likeness (QED) is 0.608. The summed E-state index contributed by atoms with van der Waals surface area (Å²) in [6.45, 7) is 0. The van der Waals surface area contributed by atoms with Crippen molar-refractivity contribution in [3.05, 3.63) is 0 Å². The molecule has 1 heterocycles. The van der Waals surface area contributed by atoms with Gasteiger partial charge in [0.15, 0.2) is 9.84 Å². The van der Waals surface area contributed by atoms with E-state index >= 15 is 0 Å². The van der Waals surface area contributed by atoms with E-state index in [1.54, 1.807) is 0 Å². The predicted octanol–water partition coefficient (Wildman–Crippen LogP) is -0.0242. The summed E-state index contributed by atoms with van der Waals surface area (Å²) in [7, 11) is -2.72. The fraction of sp³-hybridized carbons (Fsp3) is 1.00. The summed E-state index contributed by atoms with van der Waals surface area (Å²) in [5.41, 5.74) is 5.33. The van der Waals surface area contributed by atoms with E-state index < -0.39 is 9.84 Å². The van der Waals surface area contributed by atoms with Gasteiger partial charge in [0.25, 0.3) is 0 Å². The van der Waals surface area contributed by atoms with Gasteiger partial charge in [0.1, 0.15) is 0 Å². The normalized spacial score (nSPS) is 28.3. The molecule has 3 nitrogen and oxygen atoms in total. The number of hydrogen-bond donors (Lipinski definition) is 1. The molecule has 0 amide bonds. The van der Waals surface area contributed by atoms with Crippen LogP contribution >= 0.6 is 24.8 Å². The van der Waals surface area contributed by atoms with E-state index in [1.807, 2.05) is 0 Å². The summed E-state index contributed by atoms with van der Waals surface area (Å²) in [6.07, 6.45) is 0.641. The molecule has 0 unspecified atom stereocenters. The average molecular weight is 208 g/mol. The summed E-state index contributed by atoms with van der Waals surface area (Å²) in [4.78, 5) is 0. The molecule has 0 aromatic heterocycles. The van der Waals surface area contributed by atoms with E-state index in [4.69, 9.17) is 5.73 Å². The van der Waals surface area contributed by atoms with Gasteiger partial charge in [-0.15, -0.1) is 24.8 Å². The Morgan fingerprint density at radius 1 is 1.30 bits per heavy atom. The van der Waals surface area contributed by atoms with Crippen molar-refractivity contribution in [2.24, 2.45) is 5.73 Å². The van der Waals surface area contributed by atoms with Crippen molar-refractivity contribution in [3.8, 4) is 0 Å². The minimum atomic E-state index is -2.72. The lowest BCUT2D eigenvalue weighted by Gasteiger charge is -1.91. The molecular formula is C4H11Cl2NO2S. The molecule has 1 aliphatic rings. The lowest BCUT2D eigenvalue weighted by molar-refractivity contribution is 0.601. The van der Waals surface area contributed by atoms with Gasteiger partial charge in [-0.3, -0.25) is 0 Å². The van der Waals surface area contributed by atoms with Gasteiger partial charge in [0.2, 0.25) is 0 Å². The fourth-order valence-corrected chi connectivity index (χ4v) is 2.47. The minimum Gasteiger partial charge on any atom is -0.327 e. The largest absolute Gasteiger partial charge is 0.327 e. The molecule has 1 rings (SSSR count). The Morgan fingerprint density at radius 2 is 1.80 bits per heavy atom.